The van der Waals surface area contributed by atoms with Crippen LogP contribution >= 0.6 is 0 Å². The van der Waals surface area contributed by atoms with E-state index in [0.29, 0.717) is 0 Å². The third kappa shape index (κ3) is 1.55. The first kappa shape index (κ1) is 11.8. The van der Waals surface area contributed by atoms with E-state index in [-0.39, 0.29) is 0 Å². The molecule has 0 aliphatic heterocycles. The second-order valence-corrected chi connectivity index (χ2v) is 4.77. The number of imidazole rings is 2. The van der Waals surface area contributed by atoms with Gasteiger partial charge in [-0.05, 0) is 43.7 Å². The van der Waals surface area contributed by atoms with Crippen molar-refractivity contribution in [3.05, 3.63) is 47.8 Å². The Bertz CT molecular complexity index is 816. The molecule has 3 rings (SSSR count). The topological polar surface area (TPSA) is 22.2 Å². The van der Waals surface area contributed by atoms with E-state index in [1.165, 1.54) is 16.6 Å². The predicted octanol–water partition coefficient (Wildman–Crippen LogP) is 3.81. The second-order valence-electron chi connectivity index (χ2n) is 4.77. The molecule has 2 heterocycles. The number of allylic oxidation sites excluding steroid dienone is 1. The number of rotatable bonds is 2. The van der Waals surface area contributed by atoms with Crippen molar-refractivity contribution in [2.45, 2.75) is 13.8 Å². The third-order valence-corrected chi connectivity index (χ3v) is 3.47. The summed E-state index contributed by atoms with van der Waals surface area (Å²) in [6, 6.07) is 6.46. The van der Waals surface area contributed by atoms with Crippen LogP contribution in [0.3, 0.4) is 0 Å². The first-order valence-electron chi connectivity index (χ1n) is 6.40. The van der Waals surface area contributed by atoms with Crippen LogP contribution in [0.2, 0.25) is 0 Å². The van der Waals surface area contributed by atoms with Crippen molar-refractivity contribution in [1.82, 2.24) is 14.0 Å². The van der Waals surface area contributed by atoms with Gasteiger partial charge in [0, 0.05) is 7.05 Å². The summed E-state index contributed by atoms with van der Waals surface area (Å²) < 4.78 is 4.29. The number of benzene rings is 1. The lowest BCUT2D eigenvalue weighted by Crippen LogP contribution is -1.88. The molecule has 0 aliphatic rings. The molecule has 0 amide bonds. The molecule has 0 fully saturated rings. The van der Waals surface area contributed by atoms with Gasteiger partial charge >= 0.3 is 0 Å². The van der Waals surface area contributed by atoms with Crippen LogP contribution in [0.25, 0.3) is 29.0 Å². The van der Waals surface area contributed by atoms with Crippen LogP contribution in [0.5, 0.6) is 0 Å². The zero-order valence-electron chi connectivity index (χ0n) is 11.5. The van der Waals surface area contributed by atoms with Crippen LogP contribution in [0.15, 0.2) is 30.9 Å². The van der Waals surface area contributed by atoms with E-state index in [0.717, 1.165) is 17.2 Å². The summed E-state index contributed by atoms with van der Waals surface area (Å²) in [6.45, 7) is 8.04. The highest BCUT2D eigenvalue weighted by Crippen LogP contribution is 2.25. The summed E-state index contributed by atoms with van der Waals surface area (Å²) in [5, 5.41) is 0. The molecule has 96 valence electrons. The lowest BCUT2D eigenvalue weighted by atomic mass is 10.2. The van der Waals surface area contributed by atoms with E-state index in [9.17, 15) is 0 Å². The van der Waals surface area contributed by atoms with Crippen molar-refractivity contribution in [3.8, 4) is 0 Å². The number of aryl methyl sites for hydroxylation is 2. The van der Waals surface area contributed by atoms with E-state index in [4.69, 9.17) is 4.98 Å². The molecule has 1 aromatic carbocycles. The first-order valence-corrected chi connectivity index (χ1v) is 6.40. The van der Waals surface area contributed by atoms with Crippen LogP contribution in [0, 0.1) is 6.92 Å². The maximum Gasteiger partial charge on any atom is 0.215 e. The smallest absolute Gasteiger partial charge is 0.215 e. The van der Waals surface area contributed by atoms with Crippen molar-refractivity contribution < 1.29 is 0 Å². The zero-order valence-corrected chi connectivity index (χ0v) is 11.5. The molecule has 0 atom stereocenters. The fraction of sp³-hybridized carbons (Fsp3) is 0.188. The van der Waals surface area contributed by atoms with Gasteiger partial charge in [0.05, 0.1) is 22.4 Å². The molecule has 0 saturated carbocycles. The quantitative estimate of drug-likeness (QED) is 0.679. The van der Waals surface area contributed by atoms with Gasteiger partial charge in [-0.1, -0.05) is 18.7 Å². The molecule has 0 bridgehead atoms. The van der Waals surface area contributed by atoms with Crippen LogP contribution in [-0.2, 0) is 7.05 Å². The SMILES string of the molecule is C=Cc1c(/C=C\C)nc2n(C)c3ccc(C)cc3n12. The van der Waals surface area contributed by atoms with E-state index in [2.05, 4.69) is 40.7 Å². The Morgan fingerprint density at radius 2 is 2.05 bits per heavy atom. The molecule has 0 N–H and O–H groups in total. The minimum atomic E-state index is 0.948. The summed E-state index contributed by atoms with van der Waals surface area (Å²) in [7, 11) is 2.05. The predicted molar refractivity (Wildman–Crippen MR) is 81.2 cm³/mol. The Kier molecular flexibility index (Phi) is 2.56. The maximum atomic E-state index is 4.71. The van der Waals surface area contributed by atoms with Crippen molar-refractivity contribution in [2.75, 3.05) is 0 Å². The van der Waals surface area contributed by atoms with Crippen molar-refractivity contribution in [3.63, 3.8) is 0 Å². The van der Waals surface area contributed by atoms with Gasteiger partial charge in [-0.3, -0.25) is 4.40 Å². The number of hydrogen-bond acceptors (Lipinski definition) is 1. The molecule has 2 aromatic heterocycles. The third-order valence-electron chi connectivity index (χ3n) is 3.47. The van der Waals surface area contributed by atoms with Crippen molar-refractivity contribution in [2.24, 2.45) is 7.05 Å². The molecule has 0 aliphatic carbocycles. The summed E-state index contributed by atoms with van der Waals surface area (Å²) in [5.41, 5.74) is 5.62. The van der Waals surface area contributed by atoms with Gasteiger partial charge < -0.3 is 4.57 Å². The summed E-state index contributed by atoms with van der Waals surface area (Å²) in [4.78, 5) is 4.71. The Labute approximate surface area is 112 Å². The van der Waals surface area contributed by atoms with E-state index >= 15 is 0 Å². The van der Waals surface area contributed by atoms with Crippen molar-refractivity contribution in [1.29, 1.82) is 0 Å². The average molecular weight is 251 g/mol. The van der Waals surface area contributed by atoms with Gasteiger partial charge in [-0.25, -0.2) is 4.98 Å². The second kappa shape index (κ2) is 4.12. The largest absolute Gasteiger partial charge is 0.313 e. The van der Waals surface area contributed by atoms with Crippen LogP contribution in [0.4, 0.5) is 0 Å². The highest BCUT2D eigenvalue weighted by molar-refractivity contribution is 5.84. The molecule has 0 unspecified atom stereocenters. The van der Waals surface area contributed by atoms with Gasteiger partial charge in [0.25, 0.3) is 0 Å². The van der Waals surface area contributed by atoms with Gasteiger partial charge in [-0.15, -0.1) is 0 Å². The summed E-state index contributed by atoms with van der Waals surface area (Å²) >= 11 is 0. The highest BCUT2D eigenvalue weighted by Gasteiger charge is 2.15. The Hall–Kier alpha value is -2.29. The molecular formula is C16H17N3. The van der Waals surface area contributed by atoms with Crippen LogP contribution in [-0.4, -0.2) is 14.0 Å². The van der Waals surface area contributed by atoms with Crippen LogP contribution in [0.1, 0.15) is 23.9 Å². The molecule has 3 heteroatoms. The Morgan fingerprint density at radius 1 is 1.26 bits per heavy atom. The van der Waals surface area contributed by atoms with Gasteiger partial charge in [0.2, 0.25) is 5.78 Å². The fourth-order valence-corrected chi connectivity index (χ4v) is 2.58. The van der Waals surface area contributed by atoms with E-state index in [1.807, 2.05) is 32.2 Å². The van der Waals surface area contributed by atoms with Crippen molar-refractivity contribution >= 4 is 29.0 Å². The minimum absolute atomic E-state index is 0.948. The first-order chi connectivity index (χ1) is 9.17. The highest BCUT2D eigenvalue weighted by atomic mass is 15.2. The Balaban J connectivity index is 2.54. The summed E-state index contributed by atoms with van der Waals surface area (Å²) in [5.74, 6) is 0.948. The molecule has 0 saturated heterocycles. The lowest BCUT2D eigenvalue weighted by molar-refractivity contribution is 0.968. The monoisotopic (exact) mass is 251 g/mol. The molecule has 3 aromatic rings. The Morgan fingerprint density at radius 3 is 2.74 bits per heavy atom. The standard InChI is InChI=1S/C16H17N3/c1-5-7-12-13(6-2)19-15-10-11(3)8-9-14(15)18(4)16(19)17-12/h5-10H,2H2,1,3-4H3/b7-5-. The average Bonchev–Trinajstić information content (AvgIpc) is 2.87. The molecule has 0 spiro atoms. The lowest BCUT2D eigenvalue weighted by Gasteiger charge is -1.98. The molecule has 0 radical (unpaired) electrons. The number of nitrogens with zero attached hydrogens (tertiary/aromatic N) is 3. The summed E-state index contributed by atoms with van der Waals surface area (Å²) in [6.07, 6.45) is 5.89. The van der Waals surface area contributed by atoms with E-state index in [1.54, 1.807) is 0 Å². The number of aromatic nitrogens is 3. The molecular weight excluding hydrogens is 234 g/mol. The molecule has 19 heavy (non-hydrogen) atoms. The van der Waals surface area contributed by atoms with Gasteiger partial charge in [-0.2, -0.15) is 0 Å². The fourth-order valence-electron chi connectivity index (χ4n) is 2.58. The zero-order chi connectivity index (χ0) is 13.6. The number of hydrogen-bond donors (Lipinski definition) is 0. The normalized spacial score (nSPS) is 11.9. The molecule has 3 nitrogen and oxygen atoms in total. The van der Waals surface area contributed by atoms with Gasteiger partial charge in [0.1, 0.15) is 0 Å². The maximum absolute atomic E-state index is 4.71. The number of fused-ring (bicyclic) bond motifs is 3. The van der Waals surface area contributed by atoms with Gasteiger partial charge in [0.15, 0.2) is 0 Å². The minimum Gasteiger partial charge on any atom is -0.313 e. The van der Waals surface area contributed by atoms with E-state index < -0.39 is 0 Å². The van der Waals surface area contributed by atoms with Crippen LogP contribution < -0.4 is 0 Å².